The van der Waals surface area contributed by atoms with Crippen molar-refractivity contribution < 1.29 is 0 Å². The van der Waals surface area contributed by atoms with Gasteiger partial charge in [-0.1, -0.05) is 73.5 Å². The van der Waals surface area contributed by atoms with E-state index in [2.05, 4.69) is 70.5 Å². The number of piperidine rings is 2. The van der Waals surface area contributed by atoms with E-state index in [1.165, 1.54) is 121 Å². The monoisotopic (exact) mass is 446 g/mol. The van der Waals surface area contributed by atoms with Crippen LogP contribution < -0.4 is 0 Å². The fourth-order valence-corrected chi connectivity index (χ4v) is 6.16. The molecule has 33 heavy (non-hydrogen) atoms. The standard InChI is InChI=1S/C31H46N2/c1-4-14-28(15-5-1)18-8-3-11-24-33-25-13-10-20-31(33)30-21-26-32(27-22-30)23-12-9-19-29-16-6-2-7-17-29/h1-2,4-7,14-17,30-31H,3,8-13,18-27H2. The van der Waals surface area contributed by atoms with Gasteiger partial charge in [0.15, 0.2) is 0 Å². The van der Waals surface area contributed by atoms with E-state index in [4.69, 9.17) is 0 Å². The summed E-state index contributed by atoms with van der Waals surface area (Å²) in [5, 5.41) is 0. The molecular weight excluding hydrogens is 400 g/mol. The van der Waals surface area contributed by atoms with Crippen LogP contribution in [0.25, 0.3) is 0 Å². The van der Waals surface area contributed by atoms with Gasteiger partial charge in [-0.25, -0.2) is 0 Å². The van der Waals surface area contributed by atoms with Crippen LogP contribution in [-0.2, 0) is 12.8 Å². The molecule has 0 bridgehead atoms. The van der Waals surface area contributed by atoms with Crippen molar-refractivity contribution >= 4 is 0 Å². The van der Waals surface area contributed by atoms with Crippen molar-refractivity contribution in [2.75, 3.05) is 32.7 Å². The highest BCUT2D eigenvalue weighted by Crippen LogP contribution is 2.31. The van der Waals surface area contributed by atoms with Crippen LogP contribution in [0.2, 0.25) is 0 Å². The molecule has 0 amide bonds. The van der Waals surface area contributed by atoms with Gasteiger partial charge in [-0.05, 0) is 114 Å². The minimum atomic E-state index is 0.869. The zero-order valence-corrected chi connectivity index (χ0v) is 20.8. The summed E-state index contributed by atoms with van der Waals surface area (Å²) in [5.41, 5.74) is 2.99. The number of unbranched alkanes of at least 4 members (excludes halogenated alkanes) is 3. The predicted octanol–water partition coefficient (Wildman–Crippen LogP) is 6.99. The van der Waals surface area contributed by atoms with Crippen LogP contribution in [0.5, 0.6) is 0 Å². The topological polar surface area (TPSA) is 6.48 Å². The SMILES string of the molecule is c1ccc(CCCCCN2CCCCC2C2CCN(CCCCc3ccccc3)CC2)cc1. The molecule has 0 saturated carbocycles. The highest BCUT2D eigenvalue weighted by Gasteiger charge is 2.31. The highest BCUT2D eigenvalue weighted by atomic mass is 15.2. The number of benzene rings is 2. The Balaban J connectivity index is 1.11. The molecule has 2 saturated heterocycles. The average Bonchev–Trinajstić information content (AvgIpc) is 2.88. The lowest BCUT2D eigenvalue weighted by Crippen LogP contribution is -2.48. The molecule has 0 N–H and O–H groups in total. The van der Waals surface area contributed by atoms with Crippen molar-refractivity contribution in [3.8, 4) is 0 Å². The van der Waals surface area contributed by atoms with Gasteiger partial charge in [-0.15, -0.1) is 0 Å². The summed E-state index contributed by atoms with van der Waals surface area (Å²) in [6.45, 7) is 6.65. The normalized spacial score (nSPS) is 20.8. The Morgan fingerprint density at radius 2 is 1.18 bits per heavy atom. The Bertz CT molecular complexity index is 751. The van der Waals surface area contributed by atoms with Crippen molar-refractivity contribution in [3.05, 3.63) is 71.8 Å². The zero-order valence-electron chi connectivity index (χ0n) is 20.8. The van der Waals surface area contributed by atoms with E-state index in [1.807, 2.05) is 0 Å². The summed E-state index contributed by atoms with van der Waals surface area (Å²) in [6.07, 6.45) is 16.4. The summed E-state index contributed by atoms with van der Waals surface area (Å²) < 4.78 is 0. The summed E-state index contributed by atoms with van der Waals surface area (Å²) in [5.74, 6) is 0.940. The van der Waals surface area contributed by atoms with E-state index in [9.17, 15) is 0 Å². The number of nitrogens with zero attached hydrogens (tertiary/aromatic N) is 2. The van der Waals surface area contributed by atoms with Crippen molar-refractivity contribution in [1.29, 1.82) is 0 Å². The summed E-state index contributed by atoms with van der Waals surface area (Å²) in [4.78, 5) is 5.64. The number of hydrogen-bond donors (Lipinski definition) is 0. The first-order valence-corrected chi connectivity index (χ1v) is 13.9. The van der Waals surface area contributed by atoms with Gasteiger partial charge < -0.3 is 9.80 Å². The van der Waals surface area contributed by atoms with Crippen LogP contribution in [0.3, 0.4) is 0 Å². The minimum absolute atomic E-state index is 0.869. The van der Waals surface area contributed by atoms with Crippen LogP contribution in [0.1, 0.15) is 75.3 Å². The molecule has 0 aromatic heterocycles. The first kappa shape index (κ1) is 24.5. The summed E-state index contributed by atoms with van der Waals surface area (Å²) in [7, 11) is 0. The molecule has 2 aliphatic heterocycles. The highest BCUT2D eigenvalue weighted by molar-refractivity contribution is 5.15. The Morgan fingerprint density at radius 1 is 0.576 bits per heavy atom. The van der Waals surface area contributed by atoms with Gasteiger partial charge in [-0.3, -0.25) is 0 Å². The van der Waals surface area contributed by atoms with Gasteiger partial charge in [-0.2, -0.15) is 0 Å². The van der Waals surface area contributed by atoms with E-state index in [0.29, 0.717) is 0 Å². The van der Waals surface area contributed by atoms with E-state index in [0.717, 1.165) is 12.0 Å². The third kappa shape index (κ3) is 8.26. The van der Waals surface area contributed by atoms with Crippen LogP contribution in [0.15, 0.2) is 60.7 Å². The molecule has 2 heteroatoms. The molecule has 180 valence electrons. The number of rotatable bonds is 12. The largest absolute Gasteiger partial charge is 0.303 e. The Hall–Kier alpha value is -1.64. The van der Waals surface area contributed by atoms with Crippen LogP contribution in [0, 0.1) is 5.92 Å². The van der Waals surface area contributed by atoms with Crippen LogP contribution in [-0.4, -0.2) is 48.6 Å². The molecule has 0 spiro atoms. The minimum Gasteiger partial charge on any atom is -0.303 e. The number of hydrogen-bond acceptors (Lipinski definition) is 2. The second-order valence-electron chi connectivity index (χ2n) is 10.5. The Kier molecular flexibility index (Phi) is 10.3. The van der Waals surface area contributed by atoms with Gasteiger partial charge in [0.1, 0.15) is 0 Å². The maximum absolute atomic E-state index is 2.90. The van der Waals surface area contributed by atoms with Crippen molar-refractivity contribution in [3.63, 3.8) is 0 Å². The van der Waals surface area contributed by atoms with Crippen LogP contribution >= 0.6 is 0 Å². The fourth-order valence-electron chi connectivity index (χ4n) is 6.16. The maximum atomic E-state index is 2.90. The molecule has 2 nitrogen and oxygen atoms in total. The Morgan fingerprint density at radius 3 is 1.85 bits per heavy atom. The lowest BCUT2D eigenvalue weighted by molar-refractivity contribution is 0.0589. The molecule has 2 aromatic carbocycles. The predicted molar refractivity (Wildman–Crippen MR) is 142 cm³/mol. The number of aryl methyl sites for hydroxylation is 2. The molecule has 2 aliphatic rings. The zero-order chi connectivity index (χ0) is 22.6. The van der Waals surface area contributed by atoms with Gasteiger partial charge in [0, 0.05) is 6.04 Å². The van der Waals surface area contributed by atoms with Gasteiger partial charge in [0.25, 0.3) is 0 Å². The molecule has 0 radical (unpaired) electrons. The molecule has 2 fully saturated rings. The van der Waals surface area contributed by atoms with Crippen molar-refractivity contribution in [2.24, 2.45) is 5.92 Å². The maximum Gasteiger partial charge on any atom is 0.0124 e. The van der Waals surface area contributed by atoms with Crippen molar-refractivity contribution in [2.45, 2.75) is 83.1 Å². The number of likely N-dealkylation sites (tertiary alicyclic amines) is 2. The van der Waals surface area contributed by atoms with E-state index in [1.54, 1.807) is 0 Å². The average molecular weight is 447 g/mol. The van der Waals surface area contributed by atoms with Gasteiger partial charge >= 0.3 is 0 Å². The summed E-state index contributed by atoms with van der Waals surface area (Å²) >= 11 is 0. The first-order valence-electron chi connectivity index (χ1n) is 13.9. The second kappa shape index (κ2) is 13.9. The lowest BCUT2D eigenvalue weighted by Gasteiger charge is -2.44. The van der Waals surface area contributed by atoms with Crippen LogP contribution in [0.4, 0.5) is 0 Å². The van der Waals surface area contributed by atoms with Gasteiger partial charge in [0.05, 0.1) is 0 Å². The molecule has 1 unspecified atom stereocenters. The fraction of sp³-hybridized carbons (Fsp3) is 0.613. The summed E-state index contributed by atoms with van der Waals surface area (Å²) in [6, 6.07) is 22.9. The first-order chi connectivity index (χ1) is 16.4. The molecule has 1 atom stereocenters. The lowest BCUT2D eigenvalue weighted by atomic mass is 9.83. The third-order valence-electron chi connectivity index (χ3n) is 8.13. The van der Waals surface area contributed by atoms with E-state index in [-0.39, 0.29) is 0 Å². The van der Waals surface area contributed by atoms with Gasteiger partial charge in [0.2, 0.25) is 0 Å². The molecule has 2 aromatic rings. The van der Waals surface area contributed by atoms with E-state index < -0.39 is 0 Å². The molecule has 2 heterocycles. The molecule has 4 rings (SSSR count). The third-order valence-corrected chi connectivity index (χ3v) is 8.13. The smallest absolute Gasteiger partial charge is 0.0124 e. The molecular formula is C31H46N2. The quantitative estimate of drug-likeness (QED) is 0.324. The second-order valence-corrected chi connectivity index (χ2v) is 10.5. The Labute approximate surface area is 203 Å². The van der Waals surface area contributed by atoms with Crippen molar-refractivity contribution in [1.82, 2.24) is 9.80 Å². The molecule has 0 aliphatic carbocycles. The van der Waals surface area contributed by atoms with E-state index >= 15 is 0 Å².